The Morgan fingerprint density at radius 1 is 0.555 bits per heavy atom. The summed E-state index contributed by atoms with van der Waals surface area (Å²) in [5.74, 6) is -4.50. The predicted molar refractivity (Wildman–Crippen MR) is 413 cm³/mol. The van der Waals surface area contributed by atoms with Gasteiger partial charge in [-0.1, -0.05) is 98.0 Å². The van der Waals surface area contributed by atoms with E-state index in [-0.39, 0.29) is 144 Å². The summed E-state index contributed by atoms with van der Waals surface area (Å²) >= 11 is 0. The number of hydrogen-bond donors (Lipinski definition) is 7. The Morgan fingerprint density at radius 2 is 1.08 bits per heavy atom. The van der Waals surface area contributed by atoms with E-state index in [1.54, 1.807) is 48.5 Å². The molecule has 0 aliphatic heterocycles. The highest BCUT2D eigenvalue weighted by Crippen LogP contribution is 2.46. The van der Waals surface area contributed by atoms with Crippen LogP contribution in [0.4, 0.5) is 14.4 Å². The third-order valence-corrected chi connectivity index (χ3v) is 19.4. The number of alkyl carbamates (subject to hydrolysis) is 2. The van der Waals surface area contributed by atoms with Crippen LogP contribution in [0.5, 0.6) is 0 Å². The van der Waals surface area contributed by atoms with E-state index in [9.17, 15) is 57.5 Å². The van der Waals surface area contributed by atoms with Crippen molar-refractivity contribution < 1.29 is 105 Å². The molecule has 30 heteroatoms. The van der Waals surface area contributed by atoms with Crippen molar-refractivity contribution in [2.75, 3.05) is 80.2 Å². The Labute approximate surface area is 653 Å². The molecule has 1 unspecified atom stereocenters. The van der Waals surface area contributed by atoms with Crippen LogP contribution in [0.25, 0.3) is 0 Å². The summed E-state index contributed by atoms with van der Waals surface area (Å²) in [4.78, 5) is 162. The molecule has 12 atom stereocenters. The summed E-state index contributed by atoms with van der Waals surface area (Å²) < 4.78 is 55.2. The molecule has 30 nitrogen and oxygen atoms in total. The molecule has 0 aromatic carbocycles. The largest absolute Gasteiger partial charge is 0.469 e. The molecule has 0 spiro atoms. The molecule has 2 fully saturated rings. The highest BCUT2D eigenvalue weighted by atomic mass is 16.6. The highest BCUT2D eigenvalue weighted by molar-refractivity contribution is 5.93. The molecule has 7 amide bonds. The molecule has 2 saturated carbocycles. The van der Waals surface area contributed by atoms with Gasteiger partial charge in [-0.25, -0.2) is 14.4 Å². The summed E-state index contributed by atoms with van der Waals surface area (Å²) in [5, 5.41) is 20.3. The lowest BCUT2D eigenvalue weighted by Crippen LogP contribution is -2.54. The minimum atomic E-state index is -1.05. The van der Waals surface area contributed by atoms with E-state index in [0.29, 0.717) is 103 Å². The van der Waals surface area contributed by atoms with Gasteiger partial charge >= 0.3 is 36.2 Å². The molecule has 7 N–H and O–H groups in total. The summed E-state index contributed by atoms with van der Waals surface area (Å²) in [6.07, 6.45) is 10.1. The topological polar surface area (TPSA) is 394 Å². The lowest BCUT2D eigenvalue weighted by Gasteiger charge is -2.38. The Kier molecular flexibility index (Phi) is 48.3. The molecule has 2 rings (SSSR count). The van der Waals surface area contributed by atoms with Crippen molar-refractivity contribution in [1.29, 1.82) is 0 Å². The van der Waals surface area contributed by atoms with Crippen LogP contribution in [0.1, 0.15) is 238 Å². The van der Waals surface area contributed by atoms with Gasteiger partial charge in [0.1, 0.15) is 41.6 Å². The first-order chi connectivity index (χ1) is 52.1. The lowest BCUT2D eigenvalue weighted by atomic mass is 9.76. The molecule has 0 bridgehead atoms. The number of hydrogen-bond acceptors (Lipinski definition) is 23. The molecule has 110 heavy (non-hydrogen) atoms. The van der Waals surface area contributed by atoms with Crippen molar-refractivity contribution in [1.82, 2.24) is 37.2 Å². The third kappa shape index (κ3) is 41.0. The fourth-order valence-corrected chi connectivity index (χ4v) is 14.0. The normalized spacial score (nSPS) is 19.4. The zero-order valence-electron chi connectivity index (χ0n) is 68.6. The van der Waals surface area contributed by atoms with Gasteiger partial charge in [-0.3, -0.25) is 48.5 Å². The first-order valence-corrected chi connectivity index (χ1v) is 39.5. The molecule has 0 heterocycles. The quantitative estimate of drug-likeness (QED) is 0.00979. The minimum absolute atomic E-state index is 0.00751. The van der Waals surface area contributed by atoms with Crippen LogP contribution in [0, 0.1) is 53.8 Å². The van der Waals surface area contributed by atoms with E-state index in [1.807, 2.05) is 27.7 Å². The number of esters is 3. The van der Waals surface area contributed by atoms with Gasteiger partial charge in [0.25, 0.3) is 0 Å². The lowest BCUT2D eigenvalue weighted by molar-refractivity contribution is -0.162. The molecule has 2 aliphatic carbocycles. The Balaban J connectivity index is 2.00. The van der Waals surface area contributed by atoms with Crippen molar-refractivity contribution in [3.63, 3.8) is 0 Å². The molecule has 0 saturated heterocycles. The van der Waals surface area contributed by atoms with Crippen molar-refractivity contribution in [3.05, 3.63) is 12.4 Å². The number of nitrogens with zero attached hydrogens (tertiary/aromatic N) is 1. The number of unbranched alkanes of at least 4 members (excludes halogenated alkanes) is 8. The number of ether oxygens (including phenoxy) is 10. The number of carbonyl (C=O) groups excluding carboxylic acids is 12. The summed E-state index contributed by atoms with van der Waals surface area (Å²) in [7, 11) is 2.52. The number of aliphatic imine (C=N–C) groups is 1. The van der Waals surface area contributed by atoms with E-state index < -0.39 is 119 Å². The van der Waals surface area contributed by atoms with E-state index in [4.69, 9.17) is 53.8 Å². The van der Waals surface area contributed by atoms with Crippen LogP contribution in [0.3, 0.4) is 0 Å². The van der Waals surface area contributed by atoms with E-state index in [0.717, 1.165) is 19.3 Å². The van der Waals surface area contributed by atoms with Crippen LogP contribution in [0.15, 0.2) is 17.4 Å². The highest BCUT2D eigenvalue weighted by Gasteiger charge is 2.55. The van der Waals surface area contributed by atoms with Gasteiger partial charge in [-0.2, -0.15) is 4.99 Å². The second-order valence-electron chi connectivity index (χ2n) is 30.6. The van der Waals surface area contributed by atoms with Gasteiger partial charge in [0.05, 0.1) is 78.3 Å². The van der Waals surface area contributed by atoms with Crippen LogP contribution >= 0.6 is 0 Å². The summed E-state index contributed by atoms with van der Waals surface area (Å²) in [6, 6.07) is -2.70. The maximum atomic E-state index is 13.8. The molecule has 0 radical (unpaired) electrons. The average Bonchev–Trinajstić information content (AvgIpc) is 1.63. The van der Waals surface area contributed by atoms with Crippen molar-refractivity contribution >= 4 is 77.1 Å². The van der Waals surface area contributed by atoms with Crippen LogP contribution in [0.2, 0.25) is 0 Å². The SMILES string of the molecule is C#CCOCCOCCOCCOCCC(=O)N[C@H](CCC(=O)CCCCCCCNC(=O)O[C@H]1[C@@H]([C@@H](NC(C)=O)C(C)CC)[C@H](NC(=C)NC(=O)OC(C)(C)C)C[C@@H]1C(=O)OC)C(=O)CCC(=O)NCCCCCCCC(=O)O[C@H]1[C@@H]([C@@H](NC(C)=O)C(CC)CC)[C@H](CC(C)=NC(=O)OC(C)(C)C)C[C@@H]1C(=O)OC. The van der Waals surface area contributed by atoms with Gasteiger partial charge < -0.3 is 79.3 Å². The number of methoxy groups -OCH3 is 2. The minimum Gasteiger partial charge on any atom is -0.469 e. The fourth-order valence-electron chi connectivity index (χ4n) is 14.0. The van der Waals surface area contributed by atoms with Gasteiger partial charge in [0.2, 0.25) is 23.6 Å². The van der Waals surface area contributed by atoms with E-state index in [1.165, 1.54) is 28.1 Å². The van der Waals surface area contributed by atoms with Gasteiger partial charge in [0.15, 0.2) is 5.78 Å². The number of ketones is 2. The first kappa shape index (κ1) is 98.3. The number of Topliss-reactive ketones (excluding diaryl/α,β-unsaturated/α-hetero) is 2. The second-order valence-corrected chi connectivity index (χ2v) is 30.6. The Hall–Kier alpha value is -7.75. The molecular formula is C80H134N8O22. The first-order valence-electron chi connectivity index (χ1n) is 39.5. The molecule has 626 valence electrons. The number of amides is 7. The van der Waals surface area contributed by atoms with Crippen molar-refractivity contribution in [3.8, 4) is 12.3 Å². The predicted octanol–water partition coefficient (Wildman–Crippen LogP) is 9.53. The monoisotopic (exact) mass is 1560 g/mol. The number of rotatable bonds is 55. The van der Waals surface area contributed by atoms with Crippen LogP contribution < -0.4 is 37.2 Å². The van der Waals surface area contributed by atoms with Crippen LogP contribution in [-0.4, -0.2) is 205 Å². The van der Waals surface area contributed by atoms with Crippen LogP contribution in [-0.2, 0) is 90.5 Å². The standard InChI is InChI=1S/C80H134N8O22/c1-18-41-103-43-45-105-47-48-106-46-44-104-42-38-66(94)88-62(35-34-59(91)32-28-24-22-27-31-40-82-76(98)108-73-61(75(97)102-17)51-63(69(73)70(52(5)19-2)86-55(8)89)84-54(7)85-78(100)110-80(13,14)15)64(92)36-37-65(93)81-39-30-26-23-25-29-33-67(95)107-72-60(74(96)101-16)50-58(49-53(6)83-77(99)109-79(10,11)12)68(72)71(87-56(9)90)57(20-3)21-4/h1,52,57-58,60-63,68-73,84H,7,19-51H2,2-6,8-17H3,(H,81,93)(H,82,98)(H,85,100)(H,86,89)(H,87,90)(H,88,94)/t52?,58-,60+,61+,62-,63-,68-,69-,70+,71+,72-,73-/m1/s1. The molecular weight excluding hydrogens is 1420 g/mol. The Bertz CT molecular complexity index is 2960. The maximum absolute atomic E-state index is 13.8. The molecule has 0 aromatic heterocycles. The van der Waals surface area contributed by atoms with Crippen molar-refractivity contribution in [2.45, 2.75) is 285 Å². The van der Waals surface area contributed by atoms with Crippen molar-refractivity contribution in [2.24, 2.45) is 46.4 Å². The third-order valence-electron chi connectivity index (χ3n) is 19.4. The number of terminal acetylenes is 1. The fraction of sp³-hybridized carbons (Fsp3) is 0.787. The summed E-state index contributed by atoms with van der Waals surface area (Å²) in [6.45, 7) is 29.5. The van der Waals surface area contributed by atoms with E-state index in [2.05, 4.69) is 54.7 Å². The maximum Gasteiger partial charge on any atom is 0.434 e. The van der Waals surface area contributed by atoms with E-state index >= 15 is 0 Å². The Morgan fingerprint density at radius 3 is 1.64 bits per heavy atom. The summed E-state index contributed by atoms with van der Waals surface area (Å²) in [5.41, 5.74) is -1.07. The number of carbonyl (C=O) groups is 12. The van der Waals surface area contributed by atoms with Gasteiger partial charge in [-0.15, -0.1) is 6.42 Å². The second kappa shape index (κ2) is 54.0. The zero-order valence-corrected chi connectivity index (χ0v) is 68.6. The molecule has 2 aliphatic rings. The zero-order chi connectivity index (χ0) is 82.4. The molecule has 0 aromatic rings. The average molecular weight is 1560 g/mol. The van der Waals surface area contributed by atoms with Gasteiger partial charge in [0, 0.05) is 101 Å². The number of nitrogens with one attached hydrogen (secondary N) is 7. The smallest absolute Gasteiger partial charge is 0.434 e. The van der Waals surface area contributed by atoms with Gasteiger partial charge in [-0.05, 0) is 118 Å².